The normalized spacial score (nSPS) is 14.1. The first-order valence-electron chi connectivity index (χ1n) is 9.05. The molecule has 0 atom stereocenters. The third-order valence-electron chi connectivity index (χ3n) is 4.60. The van der Waals surface area contributed by atoms with E-state index in [1.54, 1.807) is 6.08 Å². The van der Waals surface area contributed by atoms with Crippen molar-refractivity contribution >= 4 is 22.9 Å². The molecule has 0 amide bonds. The molecule has 136 valence electrons. The van der Waals surface area contributed by atoms with Crippen LogP contribution in [0.15, 0.2) is 47.5 Å². The van der Waals surface area contributed by atoms with Gasteiger partial charge in [-0.1, -0.05) is 0 Å². The van der Waals surface area contributed by atoms with Gasteiger partial charge in [0.15, 0.2) is 0 Å². The van der Waals surface area contributed by atoms with Crippen LogP contribution in [-0.2, 0) is 0 Å². The summed E-state index contributed by atoms with van der Waals surface area (Å²) in [5.74, 6) is -0.0872. The summed E-state index contributed by atoms with van der Waals surface area (Å²) in [4.78, 5) is 23.4. The first-order valence-corrected chi connectivity index (χ1v) is 9.05. The minimum atomic E-state index is -0.0872. The summed E-state index contributed by atoms with van der Waals surface area (Å²) >= 11 is 0. The Morgan fingerprint density at radius 2 is 2.00 bits per heavy atom. The largest absolute Gasteiger partial charge is 0.371 e. The lowest BCUT2D eigenvalue weighted by molar-refractivity contribution is 0.104. The minimum Gasteiger partial charge on any atom is -0.371 e. The molecule has 0 fully saturated rings. The SMILES string of the molecule is CCN(CCC#N)c1ccc(N=C2C=CC(=O)c3nc(C)ccc32)c(C)c1. The van der Waals surface area contributed by atoms with E-state index in [4.69, 9.17) is 10.3 Å². The van der Waals surface area contributed by atoms with Gasteiger partial charge >= 0.3 is 0 Å². The third kappa shape index (κ3) is 3.95. The van der Waals surface area contributed by atoms with Crippen LogP contribution in [0.2, 0.25) is 0 Å². The van der Waals surface area contributed by atoms with Gasteiger partial charge in [-0.2, -0.15) is 5.26 Å². The minimum absolute atomic E-state index is 0.0872. The topological polar surface area (TPSA) is 69.3 Å². The Labute approximate surface area is 159 Å². The molecule has 0 aliphatic heterocycles. The molecule has 0 spiro atoms. The molecule has 0 saturated heterocycles. The molecule has 0 N–H and O–H groups in total. The van der Waals surface area contributed by atoms with Gasteiger partial charge in [0.25, 0.3) is 0 Å². The Bertz CT molecular complexity index is 982. The number of nitrogens with zero attached hydrogens (tertiary/aromatic N) is 4. The fourth-order valence-electron chi connectivity index (χ4n) is 3.12. The number of hydrogen-bond donors (Lipinski definition) is 0. The van der Waals surface area contributed by atoms with Crippen LogP contribution in [0.5, 0.6) is 0 Å². The zero-order chi connectivity index (χ0) is 19.4. The fraction of sp³-hybridized carbons (Fsp3) is 0.273. The highest BCUT2D eigenvalue weighted by atomic mass is 16.1. The Hall–Kier alpha value is -3.26. The zero-order valence-electron chi connectivity index (χ0n) is 15.9. The van der Waals surface area contributed by atoms with Gasteiger partial charge in [-0.25, -0.2) is 9.98 Å². The number of fused-ring (bicyclic) bond motifs is 1. The Morgan fingerprint density at radius 1 is 1.19 bits per heavy atom. The molecule has 0 radical (unpaired) electrons. The quantitative estimate of drug-likeness (QED) is 0.798. The third-order valence-corrected chi connectivity index (χ3v) is 4.60. The first kappa shape index (κ1) is 18.5. The maximum atomic E-state index is 12.1. The number of aromatic nitrogens is 1. The van der Waals surface area contributed by atoms with E-state index in [9.17, 15) is 4.79 Å². The number of carbonyl (C=O) groups is 1. The average molecular weight is 358 g/mol. The smallest absolute Gasteiger partial charge is 0.204 e. The van der Waals surface area contributed by atoms with Gasteiger partial charge in [-0.3, -0.25) is 4.79 Å². The second-order valence-electron chi connectivity index (χ2n) is 6.50. The molecule has 0 bridgehead atoms. The van der Waals surface area contributed by atoms with Crippen LogP contribution >= 0.6 is 0 Å². The number of aliphatic imine (C=N–C) groups is 1. The lowest BCUT2D eigenvalue weighted by Gasteiger charge is -2.22. The zero-order valence-corrected chi connectivity index (χ0v) is 15.9. The number of aryl methyl sites for hydroxylation is 2. The van der Waals surface area contributed by atoms with Crippen LogP contribution in [-0.4, -0.2) is 29.6 Å². The van der Waals surface area contributed by atoms with Crippen molar-refractivity contribution in [1.82, 2.24) is 4.98 Å². The van der Waals surface area contributed by atoms with Crippen molar-refractivity contribution in [3.63, 3.8) is 0 Å². The van der Waals surface area contributed by atoms with Crippen LogP contribution in [0, 0.1) is 25.2 Å². The molecule has 0 saturated carbocycles. The van der Waals surface area contributed by atoms with Gasteiger partial charge in [0.2, 0.25) is 5.78 Å². The molecule has 1 aliphatic rings. The number of ketones is 1. The van der Waals surface area contributed by atoms with Crippen LogP contribution in [0.1, 0.15) is 40.7 Å². The highest BCUT2D eigenvalue weighted by Crippen LogP contribution is 2.27. The van der Waals surface area contributed by atoms with Crippen molar-refractivity contribution in [2.24, 2.45) is 4.99 Å². The lowest BCUT2D eigenvalue weighted by Crippen LogP contribution is -2.23. The Balaban J connectivity index is 1.95. The molecule has 1 aromatic heterocycles. The van der Waals surface area contributed by atoms with Crippen molar-refractivity contribution < 1.29 is 4.79 Å². The number of rotatable bonds is 5. The van der Waals surface area contributed by atoms with Crippen molar-refractivity contribution in [2.75, 3.05) is 18.0 Å². The predicted octanol–water partition coefficient (Wildman–Crippen LogP) is 4.31. The number of hydrogen-bond acceptors (Lipinski definition) is 5. The molecular formula is C22H22N4O. The predicted molar refractivity (Wildman–Crippen MR) is 108 cm³/mol. The summed E-state index contributed by atoms with van der Waals surface area (Å²) in [5.41, 5.74) is 5.76. The summed E-state index contributed by atoms with van der Waals surface area (Å²) in [6.45, 7) is 7.53. The van der Waals surface area contributed by atoms with Gasteiger partial charge in [0.05, 0.1) is 23.9 Å². The van der Waals surface area contributed by atoms with Crippen molar-refractivity contribution in [2.45, 2.75) is 27.2 Å². The van der Waals surface area contributed by atoms with Crippen LogP contribution < -0.4 is 4.90 Å². The van der Waals surface area contributed by atoms with Gasteiger partial charge < -0.3 is 4.90 Å². The van der Waals surface area contributed by atoms with E-state index in [0.29, 0.717) is 18.7 Å². The van der Waals surface area contributed by atoms with E-state index in [-0.39, 0.29) is 5.78 Å². The van der Waals surface area contributed by atoms with Crippen molar-refractivity contribution in [3.05, 3.63) is 65.0 Å². The number of carbonyl (C=O) groups excluding carboxylic acids is 1. The first-order chi connectivity index (χ1) is 13.0. The maximum absolute atomic E-state index is 12.1. The van der Waals surface area contributed by atoms with Crippen LogP contribution in [0.3, 0.4) is 0 Å². The lowest BCUT2D eigenvalue weighted by atomic mass is 9.98. The summed E-state index contributed by atoms with van der Waals surface area (Å²) in [6.07, 6.45) is 3.78. The second-order valence-corrected chi connectivity index (χ2v) is 6.50. The van der Waals surface area contributed by atoms with Crippen molar-refractivity contribution in [1.29, 1.82) is 5.26 Å². The Kier molecular flexibility index (Phi) is 5.46. The summed E-state index contributed by atoms with van der Waals surface area (Å²) in [7, 11) is 0. The molecule has 5 nitrogen and oxygen atoms in total. The molecule has 27 heavy (non-hydrogen) atoms. The number of pyridine rings is 1. The summed E-state index contributed by atoms with van der Waals surface area (Å²) in [5, 5.41) is 8.82. The van der Waals surface area contributed by atoms with E-state index in [1.165, 1.54) is 6.08 Å². The van der Waals surface area contributed by atoms with Crippen LogP contribution in [0.25, 0.3) is 0 Å². The number of nitriles is 1. The molecule has 1 heterocycles. The standard InChI is InChI=1S/C22H22N4O/c1-4-26(13-5-12-23)17-7-9-19(15(2)14-17)25-20-10-11-21(27)22-18(20)8-6-16(3)24-22/h6-11,14H,4-5,13H2,1-3H3. The van der Waals surface area contributed by atoms with Gasteiger partial charge in [-0.15, -0.1) is 0 Å². The van der Waals surface area contributed by atoms with Crippen molar-refractivity contribution in [3.8, 4) is 6.07 Å². The monoisotopic (exact) mass is 358 g/mol. The fourth-order valence-corrected chi connectivity index (χ4v) is 3.12. The molecular weight excluding hydrogens is 336 g/mol. The van der Waals surface area contributed by atoms with Gasteiger partial charge in [0, 0.05) is 30.0 Å². The number of allylic oxidation sites excluding steroid dienone is 2. The molecule has 3 rings (SSSR count). The van der Waals surface area contributed by atoms with Gasteiger partial charge in [0.1, 0.15) is 5.69 Å². The highest BCUT2D eigenvalue weighted by molar-refractivity contribution is 6.23. The van der Waals surface area contributed by atoms with E-state index in [2.05, 4.69) is 28.9 Å². The Morgan fingerprint density at radius 3 is 2.70 bits per heavy atom. The molecule has 5 heteroatoms. The second kappa shape index (κ2) is 7.96. The molecule has 0 unspecified atom stereocenters. The van der Waals surface area contributed by atoms with Crippen LogP contribution in [0.4, 0.5) is 11.4 Å². The summed E-state index contributed by atoms with van der Waals surface area (Å²) in [6, 6.07) is 12.1. The number of benzene rings is 1. The highest BCUT2D eigenvalue weighted by Gasteiger charge is 2.19. The molecule has 1 aliphatic carbocycles. The average Bonchev–Trinajstić information content (AvgIpc) is 2.66. The molecule has 2 aromatic rings. The summed E-state index contributed by atoms with van der Waals surface area (Å²) < 4.78 is 0. The van der Waals surface area contributed by atoms with E-state index in [0.717, 1.165) is 40.5 Å². The van der Waals surface area contributed by atoms with E-state index >= 15 is 0 Å². The maximum Gasteiger partial charge on any atom is 0.204 e. The van der Waals surface area contributed by atoms with Gasteiger partial charge in [-0.05, 0) is 68.8 Å². The van der Waals surface area contributed by atoms with E-state index < -0.39 is 0 Å². The van der Waals surface area contributed by atoms with E-state index in [1.807, 2.05) is 38.1 Å². The molecule has 1 aromatic carbocycles. The number of anilines is 1.